The van der Waals surface area contributed by atoms with Crippen LogP contribution >= 0.6 is 11.3 Å². The highest BCUT2D eigenvalue weighted by atomic mass is 32.2. The van der Waals surface area contributed by atoms with Crippen molar-refractivity contribution in [2.75, 3.05) is 6.61 Å². The first-order valence-electron chi connectivity index (χ1n) is 10.8. The number of nitrogens with one attached hydrogen (secondary N) is 2. The van der Waals surface area contributed by atoms with E-state index in [0.29, 0.717) is 35.4 Å². The minimum Gasteiger partial charge on any atom is -0.449 e. The van der Waals surface area contributed by atoms with E-state index in [1.54, 1.807) is 24.3 Å². The van der Waals surface area contributed by atoms with Gasteiger partial charge in [0.1, 0.15) is 4.21 Å². The van der Waals surface area contributed by atoms with Crippen LogP contribution in [-0.4, -0.2) is 33.1 Å². The summed E-state index contributed by atoms with van der Waals surface area (Å²) in [6.07, 6.45) is 1.22. The predicted octanol–water partition coefficient (Wildman–Crippen LogP) is 4.97. The third-order valence-electron chi connectivity index (χ3n) is 4.43. The fourth-order valence-electron chi connectivity index (χ4n) is 2.97. The summed E-state index contributed by atoms with van der Waals surface area (Å²) in [6.45, 7) is 9.98. The lowest BCUT2D eigenvalue weighted by Gasteiger charge is -2.10. The summed E-state index contributed by atoms with van der Waals surface area (Å²) in [4.78, 5) is 25.1. The van der Waals surface area contributed by atoms with E-state index < -0.39 is 16.1 Å². The largest absolute Gasteiger partial charge is 0.449 e. The van der Waals surface area contributed by atoms with E-state index in [-0.39, 0.29) is 22.8 Å². The Bertz CT molecular complexity index is 1030. The number of hydrogen-bond donors (Lipinski definition) is 2. The maximum absolute atomic E-state index is 13.0. The SMILES string of the molecule is CCCCOC(=O)NS(=O)(=O)c1sc(CC(C)C)cc1-c1ccc([11C](=O)NC(C)C)cc1. The normalized spacial score (nSPS) is 11.6. The standard InChI is InChI=1S/C23H32N2O5S2/c1-6-7-12-30-23(27)25-32(28,29)22-20(14-19(31-22)13-15(2)3)17-8-10-18(11-9-17)21(26)24-16(4)5/h8-11,14-16H,6-7,12-13H2,1-5H3,(H,24,26)(H,25,27)/i21-1. The molecule has 9 heteroatoms. The van der Waals surface area contributed by atoms with Gasteiger partial charge < -0.3 is 10.1 Å². The van der Waals surface area contributed by atoms with Crippen LogP contribution in [0.4, 0.5) is 4.79 Å². The van der Waals surface area contributed by atoms with Crippen LogP contribution in [0.5, 0.6) is 0 Å². The number of sulfonamides is 1. The summed E-state index contributed by atoms with van der Waals surface area (Å²) in [5.41, 5.74) is 1.63. The molecule has 0 aliphatic carbocycles. The Hall–Kier alpha value is -2.39. The third-order valence-corrected chi connectivity index (χ3v) is 7.43. The first-order valence-corrected chi connectivity index (χ1v) is 13.1. The highest BCUT2D eigenvalue weighted by molar-refractivity contribution is 7.92. The Labute approximate surface area is 194 Å². The fraction of sp³-hybridized carbons (Fsp3) is 0.478. The average Bonchev–Trinajstić information content (AvgIpc) is 3.11. The number of amides is 2. The molecule has 0 unspecified atom stereocenters. The van der Waals surface area contributed by atoms with E-state index in [1.807, 2.05) is 31.6 Å². The van der Waals surface area contributed by atoms with Gasteiger partial charge in [-0.15, -0.1) is 11.3 Å². The minimum absolute atomic E-state index is 0.0116. The molecule has 1 aromatic carbocycles. The molecule has 0 bridgehead atoms. The molecule has 0 saturated heterocycles. The van der Waals surface area contributed by atoms with Crippen LogP contribution in [0.2, 0.25) is 0 Å². The monoisotopic (exact) mass is 479 g/mol. The summed E-state index contributed by atoms with van der Waals surface area (Å²) in [7, 11) is -4.12. The zero-order valence-electron chi connectivity index (χ0n) is 19.2. The topological polar surface area (TPSA) is 102 Å². The van der Waals surface area contributed by atoms with E-state index in [1.165, 1.54) is 0 Å². The highest BCUT2D eigenvalue weighted by Crippen LogP contribution is 2.36. The molecule has 0 fully saturated rings. The number of carbonyl (C=O) groups is 2. The zero-order chi connectivity index (χ0) is 23.9. The van der Waals surface area contributed by atoms with Crippen molar-refractivity contribution in [3.8, 4) is 11.1 Å². The Morgan fingerprint density at radius 3 is 2.31 bits per heavy atom. The second kappa shape index (κ2) is 11.5. The molecule has 0 aliphatic rings. The van der Waals surface area contributed by atoms with E-state index in [2.05, 4.69) is 19.2 Å². The van der Waals surface area contributed by atoms with Gasteiger partial charge in [-0.3, -0.25) is 4.79 Å². The molecule has 7 nitrogen and oxygen atoms in total. The molecule has 1 aromatic heterocycles. The molecule has 0 spiro atoms. The van der Waals surface area contributed by atoms with Crippen molar-refractivity contribution >= 4 is 33.4 Å². The molecule has 2 N–H and O–H groups in total. The van der Waals surface area contributed by atoms with Crippen molar-refractivity contribution in [1.82, 2.24) is 10.0 Å². The maximum atomic E-state index is 13.0. The van der Waals surface area contributed by atoms with Crippen LogP contribution in [0.15, 0.2) is 34.5 Å². The van der Waals surface area contributed by atoms with Crippen molar-refractivity contribution in [3.63, 3.8) is 0 Å². The van der Waals surface area contributed by atoms with Crippen molar-refractivity contribution < 1.29 is 22.7 Å². The number of unbranched alkanes of at least 4 members (excludes halogenated alkanes) is 1. The maximum Gasteiger partial charge on any atom is 0.421 e. The van der Waals surface area contributed by atoms with Crippen molar-refractivity contribution in [3.05, 3.63) is 40.8 Å². The first-order chi connectivity index (χ1) is 15.0. The Morgan fingerprint density at radius 2 is 1.75 bits per heavy atom. The highest BCUT2D eigenvalue weighted by Gasteiger charge is 2.26. The van der Waals surface area contributed by atoms with E-state index in [9.17, 15) is 18.0 Å². The molecule has 0 atom stereocenters. The average molecular weight is 480 g/mol. The molecule has 176 valence electrons. The van der Waals surface area contributed by atoms with Crippen LogP contribution in [0, 0.1) is 5.92 Å². The summed E-state index contributed by atoms with van der Waals surface area (Å²) in [5.74, 6) is 0.146. The second-order valence-corrected chi connectivity index (χ2v) is 11.3. The first kappa shape index (κ1) is 25.9. The van der Waals surface area contributed by atoms with Gasteiger partial charge in [-0.1, -0.05) is 39.3 Å². The number of ether oxygens (including phenoxy) is 1. The molecule has 32 heavy (non-hydrogen) atoms. The Kier molecular flexibility index (Phi) is 9.27. The summed E-state index contributed by atoms with van der Waals surface area (Å²) in [6, 6.07) is 8.61. The van der Waals surface area contributed by atoms with Gasteiger partial charge in [-0.25, -0.2) is 17.9 Å². The van der Waals surface area contributed by atoms with Gasteiger partial charge in [0.05, 0.1) is 6.61 Å². The molecule has 2 rings (SSSR count). The number of carbonyl (C=O) groups excluding carboxylic acids is 2. The van der Waals surface area contributed by atoms with Crippen molar-refractivity contribution in [2.24, 2.45) is 5.92 Å². The number of benzene rings is 1. The lowest BCUT2D eigenvalue weighted by molar-refractivity contribution is 0.0943. The van der Waals surface area contributed by atoms with Gasteiger partial charge in [0, 0.05) is 22.0 Å². The quantitative estimate of drug-likeness (QED) is 0.469. The van der Waals surface area contributed by atoms with Crippen molar-refractivity contribution in [1.29, 1.82) is 0 Å². The zero-order valence-corrected chi connectivity index (χ0v) is 20.9. The van der Waals surface area contributed by atoms with Gasteiger partial charge in [-0.2, -0.15) is 0 Å². The molecule has 0 aliphatic heterocycles. The van der Waals surface area contributed by atoms with Gasteiger partial charge in [0.25, 0.3) is 15.9 Å². The van der Waals surface area contributed by atoms with E-state index >= 15 is 0 Å². The molecule has 2 amide bonds. The van der Waals surface area contributed by atoms with Crippen LogP contribution in [0.25, 0.3) is 11.1 Å². The summed E-state index contributed by atoms with van der Waals surface area (Å²) >= 11 is 1.14. The van der Waals surface area contributed by atoms with Gasteiger partial charge in [0.15, 0.2) is 0 Å². The van der Waals surface area contributed by atoms with Crippen LogP contribution in [0.3, 0.4) is 0 Å². The fourth-order valence-corrected chi connectivity index (χ4v) is 5.81. The molecule has 0 saturated carbocycles. The van der Waals surface area contributed by atoms with Gasteiger partial charge in [0.2, 0.25) is 0 Å². The lowest BCUT2D eigenvalue weighted by Crippen LogP contribution is -2.31. The van der Waals surface area contributed by atoms with Crippen LogP contribution < -0.4 is 10.0 Å². The molecular formula is C23H32N2O5S2. The second-order valence-electron chi connectivity index (χ2n) is 8.31. The molecule has 1 heterocycles. The lowest BCUT2D eigenvalue weighted by atomic mass is 9.87. The summed E-state index contributed by atoms with van der Waals surface area (Å²) in [5, 5.41) is 2.83. The number of rotatable bonds is 10. The van der Waals surface area contributed by atoms with Crippen LogP contribution in [0.1, 0.15) is 62.7 Å². The third kappa shape index (κ3) is 7.34. The Morgan fingerprint density at radius 1 is 1.09 bits per heavy atom. The summed E-state index contributed by atoms with van der Waals surface area (Å²) < 4.78 is 33.0. The van der Waals surface area contributed by atoms with E-state index in [4.69, 9.17) is 4.74 Å². The molecular weight excluding hydrogens is 447 g/mol. The van der Waals surface area contributed by atoms with E-state index in [0.717, 1.165) is 22.6 Å². The predicted molar refractivity (Wildman–Crippen MR) is 127 cm³/mol. The van der Waals surface area contributed by atoms with Crippen LogP contribution in [-0.2, 0) is 21.2 Å². The number of hydrogen-bond acceptors (Lipinski definition) is 6. The van der Waals surface area contributed by atoms with Gasteiger partial charge in [-0.05, 0) is 56.4 Å². The molecule has 0 radical (unpaired) electrons. The minimum atomic E-state index is -4.12. The molecule has 2 aromatic rings. The van der Waals surface area contributed by atoms with Gasteiger partial charge >= 0.3 is 6.09 Å². The smallest absolute Gasteiger partial charge is 0.421 e. The van der Waals surface area contributed by atoms with Crippen molar-refractivity contribution in [2.45, 2.75) is 64.1 Å². The Balaban J connectivity index is 2.37. The number of thiophene rings is 1.